The van der Waals surface area contributed by atoms with Gasteiger partial charge in [-0.2, -0.15) is 0 Å². The molecule has 0 spiro atoms. The maximum atomic E-state index is 13.6. The zero-order valence-corrected chi connectivity index (χ0v) is 18.3. The molecule has 150 valence electrons. The average molecular weight is 496 g/mol. The predicted molar refractivity (Wildman–Crippen MR) is 112 cm³/mol. The Kier molecular flexibility index (Phi) is 5.22. The average Bonchev–Trinajstić information content (AvgIpc) is 3.14. The van der Waals surface area contributed by atoms with Gasteiger partial charge >= 0.3 is 0 Å². The van der Waals surface area contributed by atoms with E-state index in [1.54, 1.807) is 29.6 Å². The van der Waals surface area contributed by atoms with Crippen LogP contribution in [0.1, 0.15) is 22.8 Å². The van der Waals surface area contributed by atoms with E-state index in [2.05, 4.69) is 21.2 Å². The Balaban J connectivity index is 1.80. The fraction of sp³-hybridized carbons (Fsp3) is 0.150. The van der Waals surface area contributed by atoms with Gasteiger partial charge in [-0.1, -0.05) is 6.07 Å². The second-order valence-electron chi connectivity index (χ2n) is 6.50. The maximum Gasteiger partial charge on any atom is 0.225 e. The molecule has 1 amide bonds. The van der Waals surface area contributed by atoms with Gasteiger partial charge in [-0.25, -0.2) is 12.8 Å². The molecule has 4 rings (SSSR count). The van der Waals surface area contributed by atoms with Crippen molar-refractivity contribution in [1.29, 1.82) is 0 Å². The van der Waals surface area contributed by atoms with Crippen molar-refractivity contribution in [2.75, 3.05) is 12.4 Å². The van der Waals surface area contributed by atoms with Gasteiger partial charge in [0.05, 0.1) is 22.2 Å². The molecule has 9 heteroatoms. The number of carbonyl (C=O) groups excluding carboxylic acids is 1. The molecule has 0 unspecified atom stereocenters. The Hall–Kier alpha value is -2.23. The molecule has 0 fully saturated rings. The third kappa shape index (κ3) is 3.58. The summed E-state index contributed by atoms with van der Waals surface area (Å²) >= 11 is 4.44. The largest absolute Gasteiger partial charge is 0.497 e. The molecule has 0 bridgehead atoms. The highest BCUT2D eigenvalue weighted by Gasteiger charge is 2.34. The van der Waals surface area contributed by atoms with Crippen LogP contribution in [0, 0.1) is 5.82 Å². The van der Waals surface area contributed by atoms with Crippen molar-refractivity contribution < 1.29 is 22.3 Å². The van der Waals surface area contributed by atoms with Crippen molar-refractivity contribution in [2.24, 2.45) is 0 Å². The Bertz CT molecular complexity index is 1210. The predicted octanol–water partition coefficient (Wildman–Crippen LogP) is 4.97. The SMILES string of the molecule is COc1ccc(S(=O)(=O)c2csc3c2NC(=O)C[C@H]3c2ccc(F)c(Br)c2)cc1. The molecule has 1 aliphatic rings. The molecule has 1 aliphatic heterocycles. The molecule has 0 saturated carbocycles. The summed E-state index contributed by atoms with van der Waals surface area (Å²) in [6, 6.07) is 10.7. The zero-order valence-electron chi connectivity index (χ0n) is 15.1. The van der Waals surface area contributed by atoms with Gasteiger partial charge in [0.2, 0.25) is 15.7 Å². The van der Waals surface area contributed by atoms with E-state index in [0.29, 0.717) is 15.9 Å². The van der Waals surface area contributed by atoms with Crippen LogP contribution < -0.4 is 10.1 Å². The molecular weight excluding hydrogens is 481 g/mol. The first-order valence-electron chi connectivity index (χ1n) is 8.56. The molecule has 0 saturated heterocycles. The first kappa shape index (κ1) is 20.1. The van der Waals surface area contributed by atoms with E-state index in [4.69, 9.17) is 4.74 Å². The third-order valence-corrected chi connectivity index (χ3v) is 8.41. The number of benzene rings is 2. The van der Waals surface area contributed by atoms with Crippen LogP contribution >= 0.6 is 27.3 Å². The second kappa shape index (κ2) is 7.55. The molecule has 2 heterocycles. The fourth-order valence-corrected chi connectivity index (χ4v) is 6.59. The van der Waals surface area contributed by atoms with Crippen LogP contribution in [0.3, 0.4) is 0 Å². The number of thiophene rings is 1. The van der Waals surface area contributed by atoms with E-state index in [1.807, 2.05) is 0 Å². The zero-order chi connectivity index (χ0) is 20.8. The van der Waals surface area contributed by atoms with Gasteiger partial charge in [0.25, 0.3) is 0 Å². The van der Waals surface area contributed by atoms with E-state index in [0.717, 1.165) is 10.4 Å². The molecule has 29 heavy (non-hydrogen) atoms. The summed E-state index contributed by atoms with van der Waals surface area (Å²) in [4.78, 5) is 13.3. The highest BCUT2D eigenvalue weighted by Crippen LogP contribution is 2.46. The highest BCUT2D eigenvalue weighted by atomic mass is 79.9. The van der Waals surface area contributed by atoms with Gasteiger partial charge in [0, 0.05) is 22.6 Å². The molecule has 1 N–H and O–H groups in total. The summed E-state index contributed by atoms with van der Waals surface area (Å²) in [6.45, 7) is 0. The number of methoxy groups -OCH3 is 1. The normalized spacial score (nSPS) is 16.2. The van der Waals surface area contributed by atoms with Crippen molar-refractivity contribution in [3.05, 3.63) is 68.6 Å². The van der Waals surface area contributed by atoms with Crippen LogP contribution in [0.15, 0.2) is 62.1 Å². The van der Waals surface area contributed by atoms with Gasteiger partial charge in [0.1, 0.15) is 16.5 Å². The number of nitrogens with one attached hydrogen (secondary N) is 1. The monoisotopic (exact) mass is 495 g/mol. The smallest absolute Gasteiger partial charge is 0.225 e. The summed E-state index contributed by atoms with van der Waals surface area (Å²) in [6.07, 6.45) is 0.160. The molecule has 1 aromatic heterocycles. The number of hydrogen-bond acceptors (Lipinski definition) is 5. The third-order valence-electron chi connectivity index (χ3n) is 4.76. The maximum absolute atomic E-state index is 13.6. The molecule has 5 nitrogen and oxygen atoms in total. The van der Waals surface area contributed by atoms with Gasteiger partial charge in [-0.3, -0.25) is 4.79 Å². The van der Waals surface area contributed by atoms with E-state index >= 15 is 0 Å². The van der Waals surface area contributed by atoms with E-state index in [9.17, 15) is 17.6 Å². The Labute approximate surface area is 179 Å². The van der Waals surface area contributed by atoms with Crippen LogP contribution in [0.4, 0.5) is 10.1 Å². The summed E-state index contributed by atoms with van der Waals surface area (Å²) in [7, 11) is -2.33. The number of hydrogen-bond donors (Lipinski definition) is 1. The van der Waals surface area contributed by atoms with Crippen LogP contribution in [-0.4, -0.2) is 21.4 Å². The molecule has 3 aromatic rings. The van der Waals surface area contributed by atoms with Crippen LogP contribution in [-0.2, 0) is 14.6 Å². The van der Waals surface area contributed by atoms with Crippen LogP contribution in [0.5, 0.6) is 5.75 Å². The molecule has 1 atom stereocenters. The Morgan fingerprint density at radius 3 is 2.59 bits per heavy atom. The molecule has 2 aromatic carbocycles. The van der Waals surface area contributed by atoms with Gasteiger partial charge in [0.15, 0.2) is 0 Å². The quantitative estimate of drug-likeness (QED) is 0.554. The molecular formula is C20H15BrFNO4S2. The number of halogens is 2. The minimum absolute atomic E-state index is 0.0573. The van der Waals surface area contributed by atoms with E-state index in [-0.39, 0.29) is 28.0 Å². The van der Waals surface area contributed by atoms with Crippen LogP contribution in [0.25, 0.3) is 0 Å². The lowest BCUT2D eigenvalue weighted by Gasteiger charge is -2.24. The first-order chi connectivity index (χ1) is 13.8. The van der Waals surface area contributed by atoms with Gasteiger partial charge in [-0.05, 0) is 57.9 Å². The lowest BCUT2D eigenvalue weighted by molar-refractivity contribution is -0.116. The topological polar surface area (TPSA) is 72.5 Å². The number of ether oxygens (including phenoxy) is 1. The second-order valence-corrected chi connectivity index (χ2v) is 10.2. The van der Waals surface area contributed by atoms with Crippen molar-refractivity contribution in [1.82, 2.24) is 0 Å². The van der Waals surface area contributed by atoms with E-state index < -0.39 is 15.7 Å². The number of carbonyl (C=O) groups is 1. The number of fused-ring (bicyclic) bond motifs is 1. The van der Waals surface area contributed by atoms with Crippen molar-refractivity contribution in [3.63, 3.8) is 0 Å². The lowest BCUT2D eigenvalue weighted by atomic mass is 9.91. The number of sulfone groups is 1. The Morgan fingerprint density at radius 2 is 1.93 bits per heavy atom. The van der Waals surface area contributed by atoms with Crippen molar-refractivity contribution in [3.8, 4) is 5.75 Å². The summed E-state index contributed by atoms with van der Waals surface area (Å²) in [5, 5.41) is 4.26. The Morgan fingerprint density at radius 1 is 1.21 bits per heavy atom. The van der Waals surface area contributed by atoms with Gasteiger partial charge < -0.3 is 10.1 Å². The highest BCUT2D eigenvalue weighted by molar-refractivity contribution is 9.10. The molecule has 0 radical (unpaired) electrons. The van der Waals surface area contributed by atoms with Crippen LogP contribution in [0.2, 0.25) is 0 Å². The first-order valence-corrected chi connectivity index (χ1v) is 11.7. The minimum Gasteiger partial charge on any atom is -0.497 e. The van der Waals surface area contributed by atoms with Crippen molar-refractivity contribution in [2.45, 2.75) is 22.1 Å². The summed E-state index contributed by atoms with van der Waals surface area (Å²) in [5.41, 5.74) is 1.04. The standard InChI is InChI=1S/C20H15BrFNO4S2/c1-27-12-3-5-13(6-4-12)29(25,26)17-10-28-20-14(9-18(24)23-19(17)20)11-2-7-16(22)15(21)8-11/h2-8,10,14H,9H2,1H3,(H,23,24)/t14-/m0/s1. The summed E-state index contributed by atoms with van der Waals surface area (Å²) in [5.74, 6) is -0.484. The lowest BCUT2D eigenvalue weighted by Crippen LogP contribution is -2.23. The van der Waals surface area contributed by atoms with E-state index in [1.165, 1.54) is 36.6 Å². The fourth-order valence-electron chi connectivity index (χ4n) is 3.28. The minimum atomic E-state index is -3.84. The van der Waals surface area contributed by atoms with Crippen molar-refractivity contribution >= 4 is 48.7 Å². The number of rotatable bonds is 4. The number of amides is 1. The van der Waals surface area contributed by atoms with Gasteiger partial charge in [-0.15, -0.1) is 11.3 Å². The molecule has 0 aliphatic carbocycles. The summed E-state index contributed by atoms with van der Waals surface area (Å²) < 4.78 is 45.3. The number of anilines is 1.